The molecule has 9 rings (SSSR count). The second-order valence-electron chi connectivity index (χ2n) is 12.1. The minimum Gasteiger partial charge on any atom is -0.0622 e. The molecule has 0 fully saturated rings. The average Bonchev–Trinajstić information content (AvgIpc) is 3.13. The first-order valence-corrected chi connectivity index (χ1v) is 15.9. The maximum Gasteiger partial charge on any atom is -0.00259 e. The molecule has 0 aliphatic rings. The van der Waals surface area contributed by atoms with Gasteiger partial charge in [0.15, 0.2) is 0 Å². The molecule has 0 saturated heterocycles. The van der Waals surface area contributed by atoms with E-state index in [1.807, 2.05) is 0 Å². The fourth-order valence-corrected chi connectivity index (χ4v) is 7.30. The van der Waals surface area contributed by atoms with Crippen molar-refractivity contribution in [2.24, 2.45) is 0 Å². The van der Waals surface area contributed by atoms with Gasteiger partial charge in [0, 0.05) is 0 Å². The lowest BCUT2D eigenvalue weighted by molar-refractivity contribution is 1.59. The highest BCUT2D eigenvalue weighted by atomic mass is 14.2. The Morgan fingerprint density at radius 3 is 1.41 bits per heavy atom. The van der Waals surface area contributed by atoms with E-state index in [2.05, 4.69) is 182 Å². The zero-order valence-corrected chi connectivity index (χ0v) is 25.3. The molecule has 0 N–H and O–H groups in total. The van der Waals surface area contributed by atoms with Crippen LogP contribution in [0.25, 0.3) is 87.6 Å². The first-order valence-electron chi connectivity index (χ1n) is 15.9. The van der Waals surface area contributed by atoms with Crippen molar-refractivity contribution < 1.29 is 0 Å². The molecule has 0 unspecified atom stereocenters. The maximum absolute atomic E-state index is 2.40. The van der Waals surface area contributed by atoms with Crippen LogP contribution in [0.1, 0.15) is 0 Å². The molecule has 214 valence electrons. The summed E-state index contributed by atoms with van der Waals surface area (Å²) in [4.78, 5) is 0. The Bertz CT molecular complexity index is 2510. The number of rotatable bonds is 4. The van der Waals surface area contributed by atoms with E-state index in [0.717, 1.165) is 0 Å². The van der Waals surface area contributed by atoms with Crippen molar-refractivity contribution in [1.82, 2.24) is 0 Å². The highest BCUT2D eigenvalue weighted by molar-refractivity contribution is 6.22. The van der Waals surface area contributed by atoms with Crippen LogP contribution in [0, 0.1) is 0 Å². The third kappa shape index (κ3) is 4.38. The molecule has 0 aliphatic carbocycles. The summed E-state index contributed by atoms with van der Waals surface area (Å²) in [6.07, 6.45) is 0. The molecule has 9 aromatic carbocycles. The van der Waals surface area contributed by atoms with Crippen LogP contribution in [0.5, 0.6) is 0 Å². The standard InChI is InChI=1S/C46H30/c1-2-13-31(14-3-1)36-28-37(40-24-12-18-33-16-6-7-19-39(33)40)30-38(29-36)46-43-22-10-8-20-41(43)45(42-21-9-11-23-44(42)46)35-26-25-32-15-4-5-17-34(32)27-35/h1-30H. The van der Waals surface area contributed by atoms with Gasteiger partial charge in [-0.3, -0.25) is 0 Å². The van der Waals surface area contributed by atoms with Crippen LogP contribution in [-0.4, -0.2) is 0 Å². The highest BCUT2D eigenvalue weighted by Crippen LogP contribution is 2.46. The van der Waals surface area contributed by atoms with Gasteiger partial charge in [-0.2, -0.15) is 0 Å². The van der Waals surface area contributed by atoms with Crippen molar-refractivity contribution in [3.8, 4) is 44.5 Å². The van der Waals surface area contributed by atoms with Crippen LogP contribution in [-0.2, 0) is 0 Å². The Labute approximate surface area is 268 Å². The number of hydrogen-bond acceptors (Lipinski definition) is 0. The van der Waals surface area contributed by atoms with Gasteiger partial charge in [0.05, 0.1) is 0 Å². The highest BCUT2D eigenvalue weighted by Gasteiger charge is 2.18. The van der Waals surface area contributed by atoms with Crippen molar-refractivity contribution in [2.75, 3.05) is 0 Å². The summed E-state index contributed by atoms with van der Waals surface area (Å²) in [7, 11) is 0. The monoisotopic (exact) mass is 582 g/mol. The summed E-state index contributed by atoms with van der Waals surface area (Å²) < 4.78 is 0. The van der Waals surface area contributed by atoms with E-state index in [1.165, 1.54) is 87.6 Å². The maximum atomic E-state index is 2.40. The molecule has 0 nitrogen and oxygen atoms in total. The van der Waals surface area contributed by atoms with Gasteiger partial charge in [-0.25, -0.2) is 0 Å². The first-order chi connectivity index (χ1) is 22.8. The average molecular weight is 583 g/mol. The van der Waals surface area contributed by atoms with Crippen LogP contribution >= 0.6 is 0 Å². The predicted octanol–water partition coefficient (Wildman–Crippen LogP) is 13.0. The normalized spacial score (nSPS) is 11.5. The van der Waals surface area contributed by atoms with Gasteiger partial charge in [0.25, 0.3) is 0 Å². The van der Waals surface area contributed by atoms with Crippen molar-refractivity contribution in [2.45, 2.75) is 0 Å². The summed E-state index contributed by atoms with van der Waals surface area (Å²) in [5, 5.41) is 10.1. The Balaban J connectivity index is 1.38. The second kappa shape index (κ2) is 10.9. The third-order valence-electron chi connectivity index (χ3n) is 9.40. The van der Waals surface area contributed by atoms with Crippen molar-refractivity contribution in [3.05, 3.63) is 182 Å². The molecule has 0 bridgehead atoms. The Morgan fingerprint density at radius 1 is 0.217 bits per heavy atom. The molecular formula is C46H30. The van der Waals surface area contributed by atoms with Gasteiger partial charge in [0.2, 0.25) is 0 Å². The number of fused-ring (bicyclic) bond motifs is 4. The quantitative estimate of drug-likeness (QED) is 0.181. The minimum absolute atomic E-state index is 1.22. The van der Waals surface area contributed by atoms with Gasteiger partial charge in [-0.1, -0.05) is 158 Å². The molecule has 46 heavy (non-hydrogen) atoms. The molecule has 0 spiro atoms. The SMILES string of the molecule is c1ccc(-c2cc(-c3cccc4ccccc34)cc(-c3c4ccccc4c(-c4ccc5ccccc5c4)c4ccccc34)c2)cc1. The van der Waals surface area contributed by atoms with E-state index >= 15 is 0 Å². The topological polar surface area (TPSA) is 0 Å². The smallest absolute Gasteiger partial charge is 0.00259 e. The van der Waals surface area contributed by atoms with Gasteiger partial charge >= 0.3 is 0 Å². The van der Waals surface area contributed by atoms with Crippen LogP contribution in [0.2, 0.25) is 0 Å². The summed E-state index contributed by atoms with van der Waals surface area (Å²) in [6.45, 7) is 0. The molecule has 0 radical (unpaired) electrons. The summed E-state index contributed by atoms with van der Waals surface area (Å²) >= 11 is 0. The third-order valence-corrected chi connectivity index (χ3v) is 9.40. The fourth-order valence-electron chi connectivity index (χ4n) is 7.30. The summed E-state index contributed by atoms with van der Waals surface area (Å²) in [6, 6.07) is 66.6. The molecule has 0 aromatic heterocycles. The Kier molecular flexibility index (Phi) is 6.25. The zero-order valence-electron chi connectivity index (χ0n) is 25.3. The molecule has 0 aliphatic heterocycles. The Morgan fingerprint density at radius 2 is 0.717 bits per heavy atom. The summed E-state index contributed by atoms with van der Waals surface area (Å²) in [5.41, 5.74) is 9.93. The van der Waals surface area contributed by atoms with Gasteiger partial charge < -0.3 is 0 Å². The lowest BCUT2D eigenvalue weighted by Crippen LogP contribution is -1.92. The van der Waals surface area contributed by atoms with Crippen LogP contribution < -0.4 is 0 Å². The fraction of sp³-hybridized carbons (Fsp3) is 0. The molecule has 0 heterocycles. The van der Waals surface area contributed by atoms with E-state index in [4.69, 9.17) is 0 Å². The lowest BCUT2D eigenvalue weighted by Gasteiger charge is -2.19. The number of benzene rings is 9. The zero-order chi connectivity index (χ0) is 30.5. The number of hydrogen-bond donors (Lipinski definition) is 0. The van der Waals surface area contributed by atoms with Gasteiger partial charge in [-0.15, -0.1) is 0 Å². The van der Waals surface area contributed by atoms with E-state index < -0.39 is 0 Å². The van der Waals surface area contributed by atoms with E-state index in [9.17, 15) is 0 Å². The van der Waals surface area contributed by atoms with Gasteiger partial charge in [0.1, 0.15) is 0 Å². The van der Waals surface area contributed by atoms with E-state index in [1.54, 1.807) is 0 Å². The van der Waals surface area contributed by atoms with Crippen molar-refractivity contribution >= 4 is 43.1 Å². The lowest BCUT2D eigenvalue weighted by atomic mass is 9.84. The van der Waals surface area contributed by atoms with E-state index in [-0.39, 0.29) is 0 Å². The second-order valence-corrected chi connectivity index (χ2v) is 12.1. The van der Waals surface area contributed by atoms with E-state index in [0.29, 0.717) is 0 Å². The molecule has 0 atom stereocenters. The van der Waals surface area contributed by atoms with Crippen molar-refractivity contribution in [3.63, 3.8) is 0 Å². The Hall–Kier alpha value is -5.98. The van der Waals surface area contributed by atoms with Crippen molar-refractivity contribution in [1.29, 1.82) is 0 Å². The van der Waals surface area contributed by atoms with Crippen LogP contribution in [0.15, 0.2) is 182 Å². The summed E-state index contributed by atoms with van der Waals surface area (Å²) in [5.74, 6) is 0. The predicted molar refractivity (Wildman–Crippen MR) is 198 cm³/mol. The molecule has 0 amide bonds. The molecule has 9 aromatic rings. The molecule has 0 heteroatoms. The molecular weight excluding hydrogens is 553 g/mol. The minimum atomic E-state index is 1.22. The molecule has 0 saturated carbocycles. The van der Waals surface area contributed by atoms with Gasteiger partial charge in [-0.05, 0) is 112 Å². The largest absolute Gasteiger partial charge is 0.0622 e. The van der Waals surface area contributed by atoms with Crippen LogP contribution in [0.3, 0.4) is 0 Å². The van der Waals surface area contributed by atoms with Crippen LogP contribution in [0.4, 0.5) is 0 Å². The first kappa shape index (κ1) is 26.4.